The fourth-order valence-corrected chi connectivity index (χ4v) is 4.33. The van der Waals surface area contributed by atoms with E-state index in [9.17, 15) is 26.7 Å². The summed E-state index contributed by atoms with van der Waals surface area (Å²) in [7, 11) is 0. The molecule has 0 aliphatic carbocycles. The summed E-state index contributed by atoms with van der Waals surface area (Å²) in [6, 6.07) is 11.7. The Kier molecular flexibility index (Phi) is 8.06. The first-order valence-corrected chi connectivity index (χ1v) is 11.9. The van der Waals surface area contributed by atoms with Gasteiger partial charge in [-0.2, -0.15) is 0 Å². The Morgan fingerprint density at radius 2 is 1.51 bits per heavy atom. The SMILES string of the molecule is CCCOc1cccc(C(=O)Nc2ccc(N3CCN(c4c(F)c(F)c(F)c(F)c4F)CC3)c(Cl)c2)c1. The predicted octanol–water partition coefficient (Wildman–Crippen LogP) is 6.40. The van der Waals surface area contributed by atoms with Crippen LogP contribution in [0.2, 0.25) is 5.02 Å². The summed E-state index contributed by atoms with van der Waals surface area (Å²) in [6.07, 6.45) is 0.841. The Morgan fingerprint density at radius 3 is 2.14 bits per heavy atom. The second kappa shape index (κ2) is 11.2. The molecule has 0 atom stereocenters. The molecule has 0 bridgehead atoms. The molecule has 37 heavy (non-hydrogen) atoms. The standard InChI is InChI=1S/C26H23ClF5N3O2/c1-2-12-37-17-5-3-4-15(13-17)26(36)33-16-6-7-19(18(27)14-16)34-8-10-35(11-9-34)25-23(31)21(29)20(28)22(30)24(25)32/h3-7,13-14H,2,8-12H2,1H3,(H,33,36). The van der Waals surface area contributed by atoms with Crippen molar-refractivity contribution in [1.29, 1.82) is 0 Å². The van der Waals surface area contributed by atoms with Crippen molar-refractivity contribution in [1.82, 2.24) is 0 Å². The van der Waals surface area contributed by atoms with Crippen LogP contribution in [0, 0.1) is 29.1 Å². The molecule has 0 saturated carbocycles. The zero-order valence-electron chi connectivity index (χ0n) is 19.8. The predicted molar refractivity (Wildman–Crippen MR) is 132 cm³/mol. The maximum Gasteiger partial charge on any atom is 0.255 e. The Labute approximate surface area is 215 Å². The van der Waals surface area contributed by atoms with E-state index in [1.807, 2.05) is 11.8 Å². The molecule has 1 aliphatic heterocycles. The average molecular weight is 540 g/mol. The fraction of sp³-hybridized carbons (Fsp3) is 0.269. The second-order valence-electron chi connectivity index (χ2n) is 8.39. The van der Waals surface area contributed by atoms with Crippen LogP contribution in [0.25, 0.3) is 0 Å². The highest BCUT2D eigenvalue weighted by atomic mass is 35.5. The number of piperazine rings is 1. The molecule has 4 rings (SSSR count). The molecule has 1 saturated heterocycles. The summed E-state index contributed by atoms with van der Waals surface area (Å²) < 4.78 is 74.5. The van der Waals surface area contributed by atoms with E-state index in [1.165, 1.54) is 0 Å². The van der Waals surface area contributed by atoms with Crippen molar-refractivity contribution in [2.24, 2.45) is 0 Å². The van der Waals surface area contributed by atoms with Gasteiger partial charge < -0.3 is 19.9 Å². The van der Waals surface area contributed by atoms with Crippen molar-refractivity contribution >= 4 is 34.6 Å². The molecule has 11 heteroatoms. The van der Waals surface area contributed by atoms with Gasteiger partial charge in [0.25, 0.3) is 5.91 Å². The molecule has 1 aliphatic rings. The van der Waals surface area contributed by atoms with E-state index in [4.69, 9.17) is 16.3 Å². The van der Waals surface area contributed by atoms with Gasteiger partial charge in [-0.25, -0.2) is 22.0 Å². The first kappa shape index (κ1) is 26.5. The van der Waals surface area contributed by atoms with Gasteiger partial charge >= 0.3 is 0 Å². The van der Waals surface area contributed by atoms with Gasteiger partial charge in [0, 0.05) is 37.4 Å². The van der Waals surface area contributed by atoms with Crippen LogP contribution in [0.4, 0.5) is 39.0 Å². The molecule has 1 fully saturated rings. The molecule has 1 amide bonds. The highest BCUT2D eigenvalue weighted by Gasteiger charge is 2.31. The van der Waals surface area contributed by atoms with Crippen LogP contribution >= 0.6 is 11.6 Å². The zero-order chi connectivity index (χ0) is 26.7. The molecule has 3 aromatic rings. The third kappa shape index (κ3) is 5.58. The number of nitrogens with zero attached hydrogens (tertiary/aromatic N) is 2. The number of hydrogen-bond acceptors (Lipinski definition) is 4. The Balaban J connectivity index is 1.42. The number of rotatable bonds is 7. The number of benzene rings is 3. The number of halogens is 6. The number of carbonyl (C=O) groups is 1. The van der Waals surface area contributed by atoms with Crippen LogP contribution in [0.5, 0.6) is 5.75 Å². The van der Waals surface area contributed by atoms with Gasteiger partial charge in [-0.05, 0) is 42.8 Å². The summed E-state index contributed by atoms with van der Waals surface area (Å²) in [4.78, 5) is 15.6. The van der Waals surface area contributed by atoms with E-state index in [2.05, 4.69) is 5.32 Å². The highest BCUT2D eigenvalue weighted by Crippen LogP contribution is 2.33. The minimum Gasteiger partial charge on any atom is -0.494 e. The third-order valence-corrected chi connectivity index (χ3v) is 6.20. The summed E-state index contributed by atoms with van der Waals surface area (Å²) >= 11 is 6.45. The lowest BCUT2D eigenvalue weighted by atomic mass is 10.1. The smallest absolute Gasteiger partial charge is 0.255 e. The minimum absolute atomic E-state index is 0.00358. The molecule has 5 nitrogen and oxygen atoms in total. The van der Waals surface area contributed by atoms with Crippen LogP contribution in [0.1, 0.15) is 23.7 Å². The van der Waals surface area contributed by atoms with Crippen LogP contribution in [-0.4, -0.2) is 38.7 Å². The molecule has 1 heterocycles. The molecule has 0 spiro atoms. The molecule has 0 radical (unpaired) electrons. The number of anilines is 3. The number of amides is 1. The summed E-state index contributed by atoms with van der Waals surface area (Å²) in [6.45, 7) is 2.97. The first-order chi connectivity index (χ1) is 17.7. The number of nitrogens with one attached hydrogen (secondary N) is 1. The topological polar surface area (TPSA) is 44.8 Å². The van der Waals surface area contributed by atoms with Gasteiger partial charge in [-0.15, -0.1) is 0 Å². The fourth-order valence-electron chi connectivity index (χ4n) is 4.03. The van der Waals surface area contributed by atoms with Crippen molar-refractivity contribution in [2.45, 2.75) is 13.3 Å². The zero-order valence-corrected chi connectivity index (χ0v) is 20.5. The monoisotopic (exact) mass is 539 g/mol. The van der Waals surface area contributed by atoms with Crippen molar-refractivity contribution in [3.63, 3.8) is 0 Å². The van der Waals surface area contributed by atoms with E-state index in [-0.39, 0.29) is 32.1 Å². The van der Waals surface area contributed by atoms with Crippen LogP contribution < -0.4 is 19.9 Å². The van der Waals surface area contributed by atoms with Crippen molar-refractivity contribution in [3.8, 4) is 5.75 Å². The molecule has 3 aromatic carbocycles. The van der Waals surface area contributed by atoms with Crippen LogP contribution in [0.3, 0.4) is 0 Å². The highest BCUT2D eigenvalue weighted by molar-refractivity contribution is 6.33. The lowest BCUT2D eigenvalue weighted by Crippen LogP contribution is -2.47. The quantitative estimate of drug-likeness (QED) is 0.214. The van der Waals surface area contributed by atoms with Gasteiger partial charge in [-0.1, -0.05) is 24.6 Å². The average Bonchev–Trinajstić information content (AvgIpc) is 2.90. The van der Waals surface area contributed by atoms with E-state index in [1.54, 1.807) is 42.5 Å². The van der Waals surface area contributed by atoms with E-state index >= 15 is 0 Å². The van der Waals surface area contributed by atoms with Gasteiger partial charge in [0.2, 0.25) is 5.82 Å². The first-order valence-electron chi connectivity index (χ1n) is 11.6. The van der Waals surface area contributed by atoms with Crippen LogP contribution in [-0.2, 0) is 0 Å². The normalized spacial score (nSPS) is 13.6. The van der Waals surface area contributed by atoms with E-state index < -0.39 is 34.8 Å². The molecule has 0 aromatic heterocycles. The van der Waals surface area contributed by atoms with Gasteiger partial charge in [0.1, 0.15) is 11.4 Å². The minimum atomic E-state index is -2.19. The number of hydrogen-bond donors (Lipinski definition) is 1. The Bertz CT molecular complexity index is 1290. The van der Waals surface area contributed by atoms with E-state index in [0.29, 0.717) is 34.3 Å². The Hall–Kier alpha value is -3.53. The largest absolute Gasteiger partial charge is 0.494 e. The summed E-state index contributed by atoms with van der Waals surface area (Å²) in [5.74, 6) is -9.60. The van der Waals surface area contributed by atoms with Crippen LogP contribution in [0.15, 0.2) is 42.5 Å². The third-order valence-electron chi connectivity index (χ3n) is 5.90. The summed E-state index contributed by atoms with van der Waals surface area (Å²) in [5.41, 5.74) is 0.535. The molecule has 1 N–H and O–H groups in total. The molecule has 0 unspecified atom stereocenters. The van der Waals surface area contributed by atoms with Gasteiger partial charge in [-0.3, -0.25) is 4.79 Å². The van der Waals surface area contributed by atoms with Gasteiger partial charge in [0.15, 0.2) is 23.3 Å². The molecule has 196 valence electrons. The van der Waals surface area contributed by atoms with Crippen molar-refractivity contribution < 1.29 is 31.5 Å². The molecular formula is C26H23ClF5N3O2. The Morgan fingerprint density at radius 1 is 0.892 bits per heavy atom. The van der Waals surface area contributed by atoms with E-state index in [0.717, 1.165) is 11.3 Å². The maximum atomic E-state index is 14.2. The summed E-state index contributed by atoms with van der Waals surface area (Å²) in [5, 5.41) is 3.10. The number of carbonyl (C=O) groups excluding carboxylic acids is 1. The van der Waals surface area contributed by atoms with Crippen molar-refractivity contribution in [2.75, 3.05) is 47.9 Å². The molecular weight excluding hydrogens is 517 g/mol. The van der Waals surface area contributed by atoms with Crippen molar-refractivity contribution in [3.05, 3.63) is 82.1 Å². The second-order valence-corrected chi connectivity index (χ2v) is 8.80. The maximum absolute atomic E-state index is 14.2. The number of ether oxygens (including phenoxy) is 1. The van der Waals surface area contributed by atoms with Gasteiger partial charge in [0.05, 0.1) is 17.3 Å². The lowest BCUT2D eigenvalue weighted by Gasteiger charge is -2.38. The lowest BCUT2D eigenvalue weighted by molar-refractivity contribution is 0.102.